The number of amides is 2. The molecule has 0 radical (unpaired) electrons. The number of carbonyl (C=O) groups is 2. The lowest BCUT2D eigenvalue weighted by Crippen LogP contribution is -2.44. The van der Waals surface area contributed by atoms with E-state index in [4.69, 9.17) is 10.5 Å². The second-order valence-electron chi connectivity index (χ2n) is 4.63. The Bertz CT molecular complexity index is 246. The smallest absolute Gasteiger partial charge is 0.407 e. The second-order valence-corrected chi connectivity index (χ2v) is 4.63. The average molecular weight is 216 g/mol. The van der Waals surface area contributed by atoms with Gasteiger partial charge in [-0.1, -0.05) is 6.92 Å². The van der Waals surface area contributed by atoms with Gasteiger partial charge in [0.25, 0.3) is 0 Å². The maximum atomic E-state index is 11.3. The van der Waals surface area contributed by atoms with Crippen molar-refractivity contribution in [2.24, 2.45) is 11.7 Å². The van der Waals surface area contributed by atoms with Gasteiger partial charge >= 0.3 is 6.09 Å². The number of ether oxygens (including phenoxy) is 1. The van der Waals surface area contributed by atoms with E-state index in [9.17, 15) is 9.59 Å². The van der Waals surface area contributed by atoms with E-state index in [0.717, 1.165) is 0 Å². The van der Waals surface area contributed by atoms with Crippen molar-refractivity contribution in [3.8, 4) is 0 Å². The molecule has 0 spiro atoms. The Kier molecular flexibility index (Phi) is 4.58. The minimum absolute atomic E-state index is 0.336. The van der Waals surface area contributed by atoms with Gasteiger partial charge < -0.3 is 15.8 Å². The summed E-state index contributed by atoms with van der Waals surface area (Å²) in [6.07, 6.45) is -0.539. The lowest BCUT2D eigenvalue weighted by molar-refractivity contribution is -0.121. The number of hydrogen-bond acceptors (Lipinski definition) is 3. The first-order chi connectivity index (χ1) is 6.63. The molecule has 0 aliphatic heterocycles. The Morgan fingerprint density at radius 2 is 1.73 bits per heavy atom. The van der Waals surface area contributed by atoms with Gasteiger partial charge in [0.15, 0.2) is 0 Å². The maximum Gasteiger partial charge on any atom is 0.407 e. The van der Waals surface area contributed by atoms with E-state index in [0.29, 0.717) is 0 Å². The van der Waals surface area contributed by atoms with Crippen molar-refractivity contribution >= 4 is 12.0 Å². The average Bonchev–Trinajstić information content (AvgIpc) is 1.98. The van der Waals surface area contributed by atoms with Crippen molar-refractivity contribution in [1.82, 2.24) is 5.32 Å². The lowest BCUT2D eigenvalue weighted by atomic mass is 10.0. The van der Waals surface area contributed by atoms with E-state index in [1.54, 1.807) is 34.6 Å². The zero-order valence-corrected chi connectivity index (χ0v) is 9.96. The van der Waals surface area contributed by atoms with Gasteiger partial charge in [0, 0.05) is 6.04 Å². The molecule has 88 valence electrons. The summed E-state index contributed by atoms with van der Waals surface area (Å²) in [7, 11) is 0. The van der Waals surface area contributed by atoms with Crippen LogP contribution in [0.4, 0.5) is 4.79 Å². The zero-order valence-electron chi connectivity index (χ0n) is 9.96. The minimum atomic E-state index is -0.542. The predicted molar refractivity (Wildman–Crippen MR) is 57.2 cm³/mol. The Morgan fingerprint density at radius 1 is 1.27 bits per heavy atom. The van der Waals surface area contributed by atoms with Crippen LogP contribution in [0.25, 0.3) is 0 Å². The summed E-state index contributed by atoms with van der Waals surface area (Å²) >= 11 is 0. The summed E-state index contributed by atoms with van der Waals surface area (Å²) < 4.78 is 5.04. The van der Waals surface area contributed by atoms with Crippen LogP contribution in [-0.2, 0) is 9.53 Å². The Balaban J connectivity index is 4.13. The molecule has 3 N–H and O–H groups in total. The summed E-state index contributed by atoms with van der Waals surface area (Å²) in [6.45, 7) is 8.68. The monoisotopic (exact) mass is 216 g/mol. The van der Waals surface area contributed by atoms with Crippen LogP contribution in [-0.4, -0.2) is 23.6 Å². The third kappa shape index (κ3) is 5.93. The molecular weight excluding hydrogens is 196 g/mol. The number of primary amides is 1. The third-order valence-corrected chi connectivity index (χ3v) is 1.94. The van der Waals surface area contributed by atoms with Crippen LogP contribution < -0.4 is 11.1 Å². The van der Waals surface area contributed by atoms with Gasteiger partial charge in [0.05, 0.1) is 5.92 Å². The molecule has 0 heterocycles. The van der Waals surface area contributed by atoms with Crippen LogP contribution in [0.3, 0.4) is 0 Å². The SMILES string of the molecule is CC(NC(=O)OC(C)(C)C)C(C)C(N)=O. The lowest BCUT2D eigenvalue weighted by Gasteiger charge is -2.23. The summed E-state index contributed by atoms with van der Waals surface area (Å²) in [5.74, 6) is -0.865. The maximum absolute atomic E-state index is 11.3. The number of nitrogens with one attached hydrogen (secondary N) is 1. The van der Waals surface area contributed by atoms with Crippen LogP contribution in [0, 0.1) is 5.92 Å². The summed E-state index contributed by atoms with van der Waals surface area (Å²) in [4.78, 5) is 22.1. The molecule has 0 aromatic heterocycles. The molecule has 2 unspecified atom stereocenters. The highest BCUT2D eigenvalue weighted by molar-refractivity contribution is 5.78. The third-order valence-electron chi connectivity index (χ3n) is 1.94. The van der Waals surface area contributed by atoms with Gasteiger partial charge in [0.2, 0.25) is 5.91 Å². The van der Waals surface area contributed by atoms with E-state index in [1.165, 1.54) is 0 Å². The Hall–Kier alpha value is -1.26. The molecule has 0 saturated carbocycles. The van der Waals surface area contributed by atoms with Crippen LogP contribution in [0.5, 0.6) is 0 Å². The molecule has 2 amide bonds. The number of alkyl carbamates (subject to hydrolysis) is 1. The second kappa shape index (κ2) is 5.00. The number of rotatable bonds is 3. The van der Waals surface area contributed by atoms with Crippen LogP contribution in [0.15, 0.2) is 0 Å². The molecular formula is C10H20N2O3. The van der Waals surface area contributed by atoms with Crippen molar-refractivity contribution in [2.75, 3.05) is 0 Å². The van der Waals surface area contributed by atoms with Crippen molar-refractivity contribution in [1.29, 1.82) is 0 Å². The molecule has 0 aromatic carbocycles. The van der Waals surface area contributed by atoms with E-state index in [1.807, 2.05) is 0 Å². The van der Waals surface area contributed by atoms with Crippen LogP contribution in [0.1, 0.15) is 34.6 Å². The Morgan fingerprint density at radius 3 is 2.07 bits per heavy atom. The fourth-order valence-electron chi connectivity index (χ4n) is 0.865. The highest BCUT2D eigenvalue weighted by atomic mass is 16.6. The Labute approximate surface area is 90.4 Å². The van der Waals surface area contributed by atoms with E-state index in [2.05, 4.69) is 5.32 Å². The topological polar surface area (TPSA) is 81.4 Å². The van der Waals surface area contributed by atoms with Crippen LogP contribution >= 0.6 is 0 Å². The molecule has 0 bridgehead atoms. The number of carbonyl (C=O) groups excluding carboxylic acids is 2. The summed E-state index contributed by atoms with van der Waals surface area (Å²) in [5, 5.41) is 2.56. The van der Waals surface area contributed by atoms with Gasteiger partial charge in [0.1, 0.15) is 5.60 Å². The fraction of sp³-hybridized carbons (Fsp3) is 0.800. The highest BCUT2D eigenvalue weighted by Gasteiger charge is 2.22. The molecule has 0 aromatic rings. The van der Waals surface area contributed by atoms with Crippen molar-refractivity contribution in [3.05, 3.63) is 0 Å². The standard InChI is InChI=1S/C10H20N2O3/c1-6(8(11)13)7(2)12-9(14)15-10(3,4)5/h6-7H,1-5H3,(H2,11,13)(H,12,14). The quantitative estimate of drug-likeness (QED) is 0.739. The molecule has 0 rings (SSSR count). The molecule has 0 aliphatic rings. The van der Waals surface area contributed by atoms with Gasteiger partial charge in [-0.2, -0.15) is 0 Å². The number of hydrogen-bond donors (Lipinski definition) is 2. The molecule has 2 atom stereocenters. The number of nitrogens with two attached hydrogens (primary N) is 1. The van der Waals surface area contributed by atoms with Gasteiger partial charge in [-0.3, -0.25) is 4.79 Å². The molecule has 5 heteroatoms. The van der Waals surface area contributed by atoms with E-state index < -0.39 is 23.5 Å². The first-order valence-corrected chi connectivity index (χ1v) is 4.92. The molecule has 0 aliphatic carbocycles. The summed E-state index contributed by atoms with van der Waals surface area (Å²) in [6, 6.07) is -0.336. The zero-order chi connectivity index (χ0) is 12.2. The van der Waals surface area contributed by atoms with Gasteiger partial charge in [-0.25, -0.2) is 4.79 Å². The first kappa shape index (κ1) is 13.7. The highest BCUT2D eigenvalue weighted by Crippen LogP contribution is 2.08. The normalized spacial score (nSPS) is 15.3. The van der Waals surface area contributed by atoms with Gasteiger partial charge in [-0.05, 0) is 27.7 Å². The molecule has 5 nitrogen and oxygen atoms in total. The predicted octanol–water partition coefficient (Wildman–Crippen LogP) is 1.02. The largest absolute Gasteiger partial charge is 0.444 e. The summed E-state index contributed by atoms with van der Waals surface area (Å²) in [5.41, 5.74) is 4.57. The van der Waals surface area contributed by atoms with Crippen molar-refractivity contribution in [2.45, 2.75) is 46.3 Å². The molecule has 0 fully saturated rings. The van der Waals surface area contributed by atoms with Gasteiger partial charge in [-0.15, -0.1) is 0 Å². The minimum Gasteiger partial charge on any atom is -0.444 e. The van der Waals surface area contributed by atoms with Crippen molar-refractivity contribution in [3.63, 3.8) is 0 Å². The molecule has 0 saturated heterocycles. The van der Waals surface area contributed by atoms with Crippen molar-refractivity contribution < 1.29 is 14.3 Å². The molecule has 15 heavy (non-hydrogen) atoms. The first-order valence-electron chi connectivity index (χ1n) is 4.92. The fourth-order valence-corrected chi connectivity index (χ4v) is 0.865. The van der Waals surface area contributed by atoms with E-state index in [-0.39, 0.29) is 6.04 Å². The van der Waals surface area contributed by atoms with E-state index >= 15 is 0 Å². The van der Waals surface area contributed by atoms with Crippen LogP contribution in [0.2, 0.25) is 0 Å².